The highest BCUT2D eigenvalue weighted by Gasteiger charge is 2.81. The quantitative estimate of drug-likeness (QED) is 0.521. The van der Waals surface area contributed by atoms with Gasteiger partial charge in [-0.25, -0.2) is 0 Å². The molecule has 0 N–H and O–H groups in total. The Balaban J connectivity index is 5.30. The molecule has 0 amide bonds. The number of hydrogen-bond acceptors (Lipinski definition) is 0. The van der Waals surface area contributed by atoms with Gasteiger partial charge in [0.2, 0.25) is 0 Å². The van der Waals surface area contributed by atoms with Gasteiger partial charge in [0.15, 0.2) is 0 Å². The largest absolute Gasteiger partial charge is 0.460 e. The molecule has 0 radical (unpaired) electrons. The SMILES string of the molecule is FC(F)(F)C(F)(F)C(F)(F)C(F)(F)Cl. The average molecular weight is 254 g/mol. The highest BCUT2D eigenvalue weighted by atomic mass is 35.5. The van der Waals surface area contributed by atoms with E-state index >= 15 is 0 Å². The van der Waals surface area contributed by atoms with Crippen molar-refractivity contribution < 1.29 is 39.5 Å². The van der Waals surface area contributed by atoms with Crippen molar-refractivity contribution in [2.24, 2.45) is 0 Å². The molecule has 0 spiro atoms. The van der Waals surface area contributed by atoms with E-state index in [9.17, 15) is 39.5 Å². The fraction of sp³-hybridized carbons (Fsp3) is 1.00. The van der Waals surface area contributed by atoms with Gasteiger partial charge in [-0.15, -0.1) is 0 Å². The molecule has 0 heterocycles. The summed E-state index contributed by atoms with van der Waals surface area (Å²) >= 11 is 3.45. The lowest BCUT2D eigenvalue weighted by atomic mass is 10.1. The molecule has 0 aromatic heterocycles. The van der Waals surface area contributed by atoms with Crippen molar-refractivity contribution in [3.8, 4) is 0 Å². The van der Waals surface area contributed by atoms with Crippen molar-refractivity contribution in [3.05, 3.63) is 0 Å². The summed E-state index contributed by atoms with van der Waals surface area (Å²) in [6.45, 7) is 0. The first-order valence-corrected chi connectivity index (χ1v) is 3.02. The first-order chi connectivity index (χ1) is 5.75. The Labute approximate surface area is 75.6 Å². The minimum Gasteiger partial charge on any atom is -0.191 e. The molecule has 0 aliphatic carbocycles. The third kappa shape index (κ3) is 1.86. The minimum absolute atomic E-state index is 3.45. The van der Waals surface area contributed by atoms with E-state index in [4.69, 9.17) is 0 Å². The molecule has 0 rings (SSSR count). The molecular weight excluding hydrogens is 254 g/mol. The number of alkyl halides is 10. The van der Waals surface area contributed by atoms with Crippen LogP contribution >= 0.6 is 11.6 Å². The summed E-state index contributed by atoms with van der Waals surface area (Å²) in [6, 6.07) is 0. The van der Waals surface area contributed by atoms with Crippen LogP contribution in [0.25, 0.3) is 0 Å². The zero-order valence-corrected chi connectivity index (χ0v) is 6.54. The van der Waals surface area contributed by atoms with Crippen molar-refractivity contribution in [2.45, 2.75) is 23.4 Å². The summed E-state index contributed by atoms with van der Waals surface area (Å²) in [6.07, 6.45) is -6.81. The summed E-state index contributed by atoms with van der Waals surface area (Å²) in [5.41, 5.74) is 0. The third-order valence-electron chi connectivity index (χ3n) is 1.11. The molecule has 0 saturated carbocycles. The van der Waals surface area contributed by atoms with Crippen LogP contribution in [0.2, 0.25) is 0 Å². The van der Waals surface area contributed by atoms with Crippen LogP contribution in [0.15, 0.2) is 0 Å². The Hall–Kier alpha value is -0.340. The fourth-order valence-corrected chi connectivity index (χ4v) is 0.475. The first-order valence-electron chi connectivity index (χ1n) is 2.64. The summed E-state index contributed by atoms with van der Waals surface area (Å²) in [5, 5.41) is -5.99. The van der Waals surface area contributed by atoms with Crippen LogP contribution in [-0.4, -0.2) is 23.4 Å². The Bertz CT molecular complexity index is 186. The molecule has 0 unspecified atom stereocenters. The van der Waals surface area contributed by atoms with Crippen LogP contribution in [0.1, 0.15) is 0 Å². The second-order valence-corrected chi connectivity index (χ2v) is 2.62. The lowest BCUT2D eigenvalue weighted by Crippen LogP contribution is -2.58. The van der Waals surface area contributed by atoms with Crippen LogP contribution in [-0.2, 0) is 0 Å². The van der Waals surface area contributed by atoms with E-state index in [1.54, 1.807) is 0 Å². The van der Waals surface area contributed by atoms with Gasteiger partial charge < -0.3 is 0 Å². The number of halogens is 10. The summed E-state index contributed by atoms with van der Waals surface area (Å²) in [5.74, 6) is -13.6. The van der Waals surface area contributed by atoms with Gasteiger partial charge >= 0.3 is 23.4 Å². The minimum atomic E-state index is -6.90. The number of hydrogen-bond donors (Lipinski definition) is 0. The van der Waals surface area contributed by atoms with E-state index in [-0.39, 0.29) is 0 Å². The Kier molecular flexibility index (Phi) is 3.00. The van der Waals surface area contributed by atoms with Crippen molar-refractivity contribution in [2.75, 3.05) is 0 Å². The Morgan fingerprint density at radius 1 is 0.571 bits per heavy atom. The van der Waals surface area contributed by atoms with E-state index in [0.29, 0.717) is 0 Å². The standard InChI is InChI=1S/C4ClF9/c5-3(10,11)1(6,7)2(8,9)4(12,13)14. The van der Waals surface area contributed by atoms with Crippen LogP contribution < -0.4 is 0 Å². The maximum atomic E-state index is 11.9. The van der Waals surface area contributed by atoms with Gasteiger partial charge in [-0.05, 0) is 11.6 Å². The third-order valence-corrected chi connectivity index (χ3v) is 1.34. The van der Waals surface area contributed by atoms with E-state index in [1.165, 1.54) is 0 Å². The zero-order chi connectivity index (χ0) is 12.0. The lowest BCUT2D eigenvalue weighted by Gasteiger charge is -2.30. The van der Waals surface area contributed by atoms with E-state index in [1.807, 2.05) is 0 Å². The molecule has 0 nitrogen and oxygen atoms in total. The molecule has 0 aliphatic heterocycles. The average Bonchev–Trinajstić information content (AvgIpc) is 1.81. The maximum absolute atomic E-state index is 11.9. The van der Waals surface area contributed by atoms with Gasteiger partial charge in [0.1, 0.15) is 0 Å². The molecular formula is C4ClF9. The summed E-state index contributed by atoms with van der Waals surface area (Å²) in [7, 11) is 0. The van der Waals surface area contributed by atoms with Gasteiger partial charge in [0, 0.05) is 0 Å². The van der Waals surface area contributed by atoms with Crippen LogP contribution in [0.5, 0.6) is 0 Å². The van der Waals surface area contributed by atoms with Crippen molar-refractivity contribution in [1.29, 1.82) is 0 Å². The molecule has 0 aromatic carbocycles. The van der Waals surface area contributed by atoms with Gasteiger partial charge in [-0.3, -0.25) is 0 Å². The van der Waals surface area contributed by atoms with Gasteiger partial charge in [-0.1, -0.05) is 0 Å². The topological polar surface area (TPSA) is 0 Å². The highest BCUT2D eigenvalue weighted by Crippen LogP contribution is 2.54. The molecule has 0 aliphatic rings. The molecule has 0 fully saturated rings. The highest BCUT2D eigenvalue weighted by molar-refractivity contribution is 6.22. The van der Waals surface area contributed by atoms with Gasteiger partial charge in [0.25, 0.3) is 0 Å². The van der Waals surface area contributed by atoms with Crippen molar-refractivity contribution >= 4 is 11.6 Å². The summed E-state index contributed by atoms with van der Waals surface area (Å²) < 4.78 is 104. The molecule has 86 valence electrons. The Morgan fingerprint density at radius 3 is 0.929 bits per heavy atom. The van der Waals surface area contributed by atoms with E-state index in [0.717, 1.165) is 0 Å². The number of rotatable bonds is 2. The molecule has 0 bridgehead atoms. The molecule has 0 aromatic rings. The fourth-order valence-electron chi connectivity index (χ4n) is 0.356. The second kappa shape index (κ2) is 3.07. The predicted molar refractivity (Wildman–Crippen MR) is 26.7 cm³/mol. The second-order valence-electron chi connectivity index (χ2n) is 2.14. The van der Waals surface area contributed by atoms with Crippen LogP contribution in [0.4, 0.5) is 39.5 Å². The molecule has 10 heteroatoms. The molecule has 14 heavy (non-hydrogen) atoms. The summed E-state index contributed by atoms with van der Waals surface area (Å²) in [4.78, 5) is 0. The zero-order valence-electron chi connectivity index (χ0n) is 5.78. The monoisotopic (exact) mass is 254 g/mol. The van der Waals surface area contributed by atoms with E-state index < -0.39 is 23.4 Å². The smallest absolute Gasteiger partial charge is 0.191 e. The van der Waals surface area contributed by atoms with Crippen LogP contribution in [0, 0.1) is 0 Å². The lowest BCUT2D eigenvalue weighted by molar-refractivity contribution is -0.382. The van der Waals surface area contributed by atoms with Crippen molar-refractivity contribution in [1.82, 2.24) is 0 Å². The van der Waals surface area contributed by atoms with E-state index in [2.05, 4.69) is 11.6 Å². The normalized spacial score (nSPS) is 15.9. The molecule has 0 saturated heterocycles. The Morgan fingerprint density at radius 2 is 0.857 bits per heavy atom. The van der Waals surface area contributed by atoms with Gasteiger partial charge in [0.05, 0.1) is 0 Å². The maximum Gasteiger partial charge on any atom is 0.460 e. The first kappa shape index (κ1) is 13.7. The molecule has 0 atom stereocenters. The van der Waals surface area contributed by atoms with Gasteiger partial charge in [-0.2, -0.15) is 39.5 Å². The predicted octanol–water partition coefficient (Wildman–Crippen LogP) is 3.65. The van der Waals surface area contributed by atoms with Crippen LogP contribution in [0.3, 0.4) is 0 Å². The van der Waals surface area contributed by atoms with Crippen molar-refractivity contribution in [3.63, 3.8) is 0 Å².